The van der Waals surface area contributed by atoms with E-state index in [-0.39, 0.29) is 0 Å². The number of aromatic nitrogens is 2. The van der Waals surface area contributed by atoms with Gasteiger partial charge in [-0.15, -0.1) is 0 Å². The van der Waals surface area contributed by atoms with Crippen molar-refractivity contribution < 1.29 is 4.74 Å². The van der Waals surface area contributed by atoms with E-state index in [1.165, 1.54) is 0 Å². The van der Waals surface area contributed by atoms with Crippen LogP contribution in [0.25, 0.3) is 10.9 Å². The minimum absolute atomic E-state index is 0.834. The molecule has 13 heavy (non-hydrogen) atoms. The Morgan fingerprint density at radius 3 is 2.92 bits per heavy atom. The van der Waals surface area contributed by atoms with Crippen molar-refractivity contribution in [2.45, 2.75) is 0 Å². The van der Waals surface area contributed by atoms with E-state index in [4.69, 9.17) is 4.74 Å². The summed E-state index contributed by atoms with van der Waals surface area (Å²) in [5, 5.41) is 5.24. The van der Waals surface area contributed by atoms with Gasteiger partial charge in [0.15, 0.2) is 0 Å². The Bertz CT molecular complexity index is 450. The van der Waals surface area contributed by atoms with Crippen LogP contribution in [-0.4, -0.2) is 16.9 Å². The number of hydrogen-bond donors (Lipinski definition) is 0. The molecule has 0 saturated carbocycles. The molecule has 68 valence electrons. The van der Waals surface area contributed by atoms with E-state index in [0.29, 0.717) is 0 Å². The standard InChI is InChI=1S/C9H9BrN2O/c1-12-8-4-7(10)9(13-2)3-6(8)5-11-12/h3-5H,1-2H3. The zero-order chi connectivity index (χ0) is 9.42. The Morgan fingerprint density at radius 2 is 2.23 bits per heavy atom. The molecule has 3 nitrogen and oxygen atoms in total. The second-order valence-corrected chi connectivity index (χ2v) is 3.67. The average Bonchev–Trinajstić information content (AvgIpc) is 2.47. The van der Waals surface area contributed by atoms with Crippen LogP contribution in [0.2, 0.25) is 0 Å². The van der Waals surface area contributed by atoms with Crippen LogP contribution < -0.4 is 4.74 Å². The van der Waals surface area contributed by atoms with Crippen LogP contribution in [0, 0.1) is 0 Å². The van der Waals surface area contributed by atoms with E-state index in [1.54, 1.807) is 7.11 Å². The fourth-order valence-corrected chi connectivity index (χ4v) is 1.80. The molecule has 0 bridgehead atoms. The summed E-state index contributed by atoms with van der Waals surface area (Å²) in [7, 11) is 3.57. The van der Waals surface area contributed by atoms with Crippen LogP contribution >= 0.6 is 15.9 Å². The van der Waals surface area contributed by atoms with Crippen LogP contribution in [0.4, 0.5) is 0 Å². The molecule has 2 aromatic rings. The van der Waals surface area contributed by atoms with Crippen molar-refractivity contribution >= 4 is 26.8 Å². The van der Waals surface area contributed by atoms with Gasteiger partial charge in [0.25, 0.3) is 0 Å². The molecule has 0 amide bonds. The van der Waals surface area contributed by atoms with Gasteiger partial charge in [-0.1, -0.05) is 0 Å². The third kappa shape index (κ3) is 1.31. The van der Waals surface area contributed by atoms with Crippen LogP contribution in [0.3, 0.4) is 0 Å². The fraction of sp³-hybridized carbons (Fsp3) is 0.222. The number of fused-ring (bicyclic) bond motifs is 1. The first-order valence-corrected chi connectivity index (χ1v) is 4.67. The number of halogens is 1. The molecule has 0 aliphatic rings. The average molecular weight is 241 g/mol. The maximum absolute atomic E-state index is 5.18. The predicted molar refractivity (Wildman–Crippen MR) is 55.0 cm³/mol. The first-order valence-electron chi connectivity index (χ1n) is 3.87. The maximum Gasteiger partial charge on any atom is 0.133 e. The summed E-state index contributed by atoms with van der Waals surface area (Å²) in [5.74, 6) is 0.834. The highest BCUT2D eigenvalue weighted by molar-refractivity contribution is 9.10. The van der Waals surface area contributed by atoms with Crippen molar-refractivity contribution in [1.82, 2.24) is 9.78 Å². The fourth-order valence-electron chi connectivity index (χ4n) is 1.31. The summed E-state index contributed by atoms with van der Waals surface area (Å²) in [6.45, 7) is 0. The minimum atomic E-state index is 0.834. The second-order valence-electron chi connectivity index (χ2n) is 2.81. The van der Waals surface area contributed by atoms with Crippen molar-refractivity contribution in [1.29, 1.82) is 0 Å². The lowest BCUT2D eigenvalue weighted by atomic mass is 10.2. The summed E-state index contributed by atoms with van der Waals surface area (Å²) in [6, 6.07) is 3.97. The van der Waals surface area contributed by atoms with Crippen molar-refractivity contribution in [3.8, 4) is 5.75 Å². The van der Waals surface area contributed by atoms with Crippen LogP contribution in [-0.2, 0) is 7.05 Å². The lowest BCUT2D eigenvalue weighted by molar-refractivity contribution is 0.413. The first kappa shape index (κ1) is 8.56. The van der Waals surface area contributed by atoms with E-state index >= 15 is 0 Å². The van der Waals surface area contributed by atoms with Crippen LogP contribution in [0.1, 0.15) is 0 Å². The van der Waals surface area contributed by atoms with Gasteiger partial charge in [0.2, 0.25) is 0 Å². The zero-order valence-corrected chi connectivity index (χ0v) is 9.00. The molecular weight excluding hydrogens is 232 g/mol. The Morgan fingerprint density at radius 1 is 1.46 bits per heavy atom. The first-order chi connectivity index (χ1) is 6.22. The largest absolute Gasteiger partial charge is 0.496 e. The molecule has 1 heterocycles. The van der Waals surface area contributed by atoms with Crippen LogP contribution in [0.5, 0.6) is 5.75 Å². The molecule has 0 aliphatic heterocycles. The topological polar surface area (TPSA) is 27.1 Å². The molecule has 0 atom stereocenters. The highest BCUT2D eigenvalue weighted by Crippen LogP contribution is 2.29. The quantitative estimate of drug-likeness (QED) is 0.766. The highest BCUT2D eigenvalue weighted by Gasteiger charge is 2.05. The third-order valence-electron chi connectivity index (χ3n) is 2.02. The molecule has 1 aromatic carbocycles. The summed E-state index contributed by atoms with van der Waals surface area (Å²) in [6.07, 6.45) is 1.82. The Hall–Kier alpha value is -1.03. The Labute approximate surface area is 84.4 Å². The second kappa shape index (κ2) is 3.03. The van der Waals surface area contributed by atoms with E-state index in [2.05, 4.69) is 21.0 Å². The molecule has 0 N–H and O–H groups in total. The summed E-state index contributed by atoms with van der Waals surface area (Å²) < 4.78 is 7.96. The molecule has 1 aromatic heterocycles. The summed E-state index contributed by atoms with van der Waals surface area (Å²) in [4.78, 5) is 0. The molecular formula is C9H9BrN2O. The van der Waals surface area contributed by atoms with Crippen molar-refractivity contribution in [3.05, 3.63) is 22.8 Å². The number of benzene rings is 1. The maximum atomic E-state index is 5.18. The predicted octanol–water partition coefficient (Wildman–Crippen LogP) is 2.34. The van der Waals surface area contributed by atoms with Crippen LogP contribution in [0.15, 0.2) is 22.8 Å². The lowest BCUT2D eigenvalue weighted by Crippen LogP contribution is -1.89. The number of methoxy groups -OCH3 is 1. The molecule has 0 aliphatic carbocycles. The number of ether oxygens (including phenoxy) is 1. The van der Waals surface area contributed by atoms with Gasteiger partial charge in [-0.3, -0.25) is 4.68 Å². The van der Waals surface area contributed by atoms with Crippen molar-refractivity contribution in [3.63, 3.8) is 0 Å². The van der Waals surface area contributed by atoms with E-state index in [1.807, 2.05) is 30.1 Å². The number of aryl methyl sites for hydroxylation is 1. The van der Waals surface area contributed by atoms with E-state index in [9.17, 15) is 0 Å². The Balaban J connectivity index is 2.76. The van der Waals surface area contributed by atoms with E-state index in [0.717, 1.165) is 21.1 Å². The summed E-state index contributed by atoms with van der Waals surface area (Å²) in [5.41, 5.74) is 1.09. The van der Waals surface area contributed by atoms with Gasteiger partial charge in [0.1, 0.15) is 5.75 Å². The molecule has 0 saturated heterocycles. The SMILES string of the molecule is COc1cc2cnn(C)c2cc1Br. The van der Waals surface area contributed by atoms with Gasteiger partial charge < -0.3 is 4.74 Å². The van der Waals surface area contributed by atoms with Gasteiger partial charge in [-0.25, -0.2) is 0 Å². The van der Waals surface area contributed by atoms with Crippen molar-refractivity contribution in [2.24, 2.45) is 7.05 Å². The number of rotatable bonds is 1. The normalized spacial score (nSPS) is 10.7. The molecule has 0 spiro atoms. The molecule has 2 rings (SSSR count). The summed E-state index contributed by atoms with van der Waals surface area (Å²) >= 11 is 3.43. The highest BCUT2D eigenvalue weighted by atomic mass is 79.9. The molecule has 0 unspecified atom stereocenters. The molecule has 0 fully saturated rings. The molecule has 4 heteroatoms. The van der Waals surface area contributed by atoms with Gasteiger partial charge in [0.05, 0.1) is 23.3 Å². The number of nitrogens with zero attached hydrogens (tertiary/aromatic N) is 2. The van der Waals surface area contributed by atoms with Gasteiger partial charge in [-0.2, -0.15) is 5.10 Å². The van der Waals surface area contributed by atoms with E-state index < -0.39 is 0 Å². The van der Waals surface area contributed by atoms with Gasteiger partial charge in [0, 0.05) is 12.4 Å². The smallest absolute Gasteiger partial charge is 0.133 e. The monoisotopic (exact) mass is 240 g/mol. The minimum Gasteiger partial charge on any atom is -0.496 e. The number of hydrogen-bond acceptors (Lipinski definition) is 2. The Kier molecular flexibility index (Phi) is 2.00. The van der Waals surface area contributed by atoms with Gasteiger partial charge in [-0.05, 0) is 28.1 Å². The lowest BCUT2D eigenvalue weighted by Gasteiger charge is -2.02. The van der Waals surface area contributed by atoms with Crippen molar-refractivity contribution in [2.75, 3.05) is 7.11 Å². The third-order valence-corrected chi connectivity index (χ3v) is 2.64. The van der Waals surface area contributed by atoms with Gasteiger partial charge >= 0.3 is 0 Å². The zero-order valence-electron chi connectivity index (χ0n) is 7.41. The molecule has 0 radical (unpaired) electrons.